The minimum Gasteiger partial charge on any atom is -0.380 e. The van der Waals surface area contributed by atoms with Gasteiger partial charge in [-0.3, -0.25) is 4.79 Å². The third-order valence-electron chi connectivity index (χ3n) is 2.68. The Morgan fingerprint density at radius 1 is 1.28 bits per heavy atom. The van der Waals surface area contributed by atoms with E-state index in [1.807, 2.05) is 23.5 Å². The van der Waals surface area contributed by atoms with E-state index in [9.17, 15) is 4.79 Å². The average molecular weight is 260 g/mol. The van der Waals surface area contributed by atoms with Gasteiger partial charge in [-0.25, -0.2) is 0 Å². The SMILES string of the molecule is CCc1ccc(CNc2cccc(C(N)=O)c2)s1. The van der Waals surface area contributed by atoms with Crippen LogP contribution in [0.15, 0.2) is 36.4 Å². The lowest BCUT2D eigenvalue weighted by Gasteiger charge is -2.05. The summed E-state index contributed by atoms with van der Waals surface area (Å²) in [6.45, 7) is 2.92. The molecule has 2 rings (SSSR count). The normalized spacial score (nSPS) is 10.3. The van der Waals surface area contributed by atoms with E-state index < -0.39 is 5.91 Å². The maximum Gasteiger partial charge on any atom is 0.248 e. The molecule has 0 aliphatic heterocycles. The van der Waals surface area contributed by atoms with Crippen molar-refractivity contribution >= 4 is 22.9 Å². The smallest absolute Gasteiger partial charge is 0.248 e. The maximum absolute atomic E-state index is 11.1. The number of carbonyl (C=O) groups is 1. The van der Waals surface area contributed by atoms with Gasteiger partial charge in [-0.2, -0.15) is 0 Å². The van der Waals surface area contributed by atoms with Crippen LogP contribution in [0.25, 0.3) is 0 Å². The second-order valence-corrected chi connectivity index (χ2v) is 5.27. The molecule has 0 fully saturated rings. The van der Waals surface area contributed by atoms with E-state index >= 15 is 0 Å². The Labute approximate surface area is 111 Å². The molecule has 3 N–H and O–H groups in total. The van der Waals surface area contributed by atoms with Crippen LogP contribution in [0, 0.1) is 0 Å². The molecule has 4 heteroatoms. The van der Waals surface area contributed by atoms with Crippen molar-refractivity contribution in [3.63, 3.8) is 0 Å². The van der Waals surface area contributed by atoms with Crippen LogP contribution in [0.4, 0.5) is 5.69 Å². The Morgan fingerprint density at radius 3 is 2.72 bits per heavy atom. The summed E-state index contributed by atoms with van der Waals surface area (Å²) in [5, 5.41) is 3.30. The quantitative estimate of drug-likeness (QED) is 0.868. The predicted octanol–water partition coefficient (Wildman–Crippen LogP) is 3.02. The highest BCUT2D eigenvalue weighted by atomic mass is 32.1. The number of carbonyl (C=O) groups excluding carboxylic acids is 1. The number of primary amides is 1. The molecule has 0 aliphatic carbocycles. The summed E-state index contributed by atoms with van der Waals surface area (Å²) in [5.41, 5.74) is 6.69. The molecule has 1 heterocycles. The van der Waals surface area contributed by atoms with Crippen LogP contribution in [0.3, 0.4) is 0 Å². The fourth-order valence-corrected chi connectivity index (χ4v) is 2.58. The van der Waals surface area contributed by atoms with Crippen LogP contribution in [-0.2, 0) is 13.0 Å². The van der Waals surface area contributed by atoms with E-state index in [1.54, 1.807) is 12.1 Å². The number of anilines is 1. The number of aryl methyl sites for hydroxylation is 1. The van der Waals surface area contributed by atoms with Crippen molar-refractivity contribution in [3.8, 4) is 0 Å². The van der Waals surface area contributed by atoms with E-state index in [1.165, 1.54) is 9.75 Å². The Bertz CT molecular complexity index is 548. The number of amides is 1. The Morgan fingerprint density at radius 2 is 2.06 bits per heavy atom. The lowest BCUT2D eigenvalue weighted by Crippen LogP contribution is -2.11. The molecule has 1 amide bonds. The largest absolute Gasteiger partial charge is 0.380 e. The summed E-state index contributed by atoms with van der Waals surface area (Å²) in [6.07, 6.45) is 1.07. The van der Waals surface area contributed by atoms with Crippen LogP contribution < -0.4 is 11.1 Å². The van der Waals surface area contributed by atoms with Gasteiger partial charge in [0, 0.05) is 27.5 Å². The number of hydrogen-bond donors (Lipinski definition) is 2. The van der Waals surface area contributed by atoms with Gasteiger partial charge in [0.05, 0.1) is 0 Å². The average Bonchev–Trinajstić information content (AvgIpc) is 2.84. The van der Waals surface area contributed by atoms with Gasteiger partial charge in [-0.05, 0) is 36.8 Å². The standard InChI is InChI=1S/C14H16N2OS/c1-2-12-6-7-13(18-12)9-16-11-5-3-4-10(8-11)14(15)17/h3-8,16H,2,9H2,1H3,(H2,15,17). The van der Waals surface area contributed by atoms with Crippen LogP contribution in [0.2, 0.25) is 0 Å². The molecule has 2 aromatic rings. The first-order valence-corrected chi connectivity index (χ1v) is 6.72. The summed E-state index contributed by atoms with van der Waals surface area (Å²) in [6, 6.07) is 11.5. The molecule has 0 unspecified atom stereocenters. The minimum atomic E-state index is -0.400. The van der Waals surface area contributed by atoms with Gasteiger partial charge in [0.15, 0.2) is 0 Å². The summed E-state index contributed by atoms with van der Waals surface area (Å²) >= 11 is 1.81. The lowest BCUT2D eigenvalue weighted by atomic mass is 10.2. The molecule has 0 radical (unpaired) electrons. The van der Waals surface area contributed by atoms with Crippen molar-refractivity contribution in [2.24, 2.45) is 5.73 Å². The Kier molecular flexibility index (Phi) is 3.99. The number of benzene rings is 1. The van der Waals surface area contributed by atoms with Gasteiger partial charge in [0.1, 0.15) is 0 Å². The molecular formula is C14H16N2OS. The molecule has 94 valence electrons. The maximum atomic E-state index is 11.1. The van der Waals surface area contributed by atoms with Crippen LogP contribution in [0.5, 0.6) is 0 Å². The highest BCUT2D eigenvalue weighted by molar-refractivity contribution is 7.12. The van der Waals surface area contributed by atoms with E-state index in [-0.39, 0.29) is 0 Å². The summed E-state index contributed by atoms with van der Waals surface area (Å²) in [7, 11) is 0. The highest BCUT2D eigenvalue weighted by Crippen LogP contribution is 2.19. The van der Waals surface area contributed by atoms with Gasteiger partial charge in [0.25, 0.3) is 0 Å². The lowest BCUT2D eigenvalue weighted by molar-refractivity contribution is 0.100. The number of rotatable bonds is 5. The van der Waals surface area contributed by atoms with E-state index in [4.69, 9.17) is 5.73 Å². The second kappa shape index (κ2) is 5.69. The van der Waals surface area contributed by atoms with Crippen molar-refractivity contribution in [3.05, 3.63) is 51.7 Å². The molecule has 0 aliphatic rings. The van der Waals surface area contributed by atoms with E-state index in [0.717, 1.165) is 18.7 Å². The first-order valence-electron chi connectivity index (χ1n) is 5.90. The Balaban J connectivity index is 2.01. The zero-order valence-corrected chi connectivity index (χ0v) is 11.1. The van der Waals surface area contributed by atoms with Gasteiger partial charge >= 0.3 is 0 Å². The van der Waals surface area contributed by atoms with Gasteiger partial charge in [0.2, 0.25) is 5.91 Å². The van der Waals surface area contributed by atoms with Crippen molar-refractivity contribution in [2.75, 3.05) is 5.32 Å². The molecule has 0 spiro atoms. The van der Waals surface area contributed by atoms with Crippen LogP contribution >= 0.6 is 11.3 Å². The fraction of sp³-hybridized carbons (Fsp3) is 0.214. The van der Waals surface area contributed by atoms with Crippen LogP contribution in [-0.4, -0.2) is 5.91 Å². The topological polar surface area (TPSA) is 55.1 Å². The van der Waals surface area contributed by atoms with Crippen molar-refractivity contribution in [1.29, 1.82) is 0 Å². The van der Waals surface area contributed by atoms with Crippen molar-refractivity contribution < 1.29 is 4.79 Å². The number of nitrogens with two attached hydrogens (primary N) is 1. The molecular weight excluding hydrogens is 244 g/mol. The summed E-state index contributed by atoms with van der Waals surface area (Å²) in [4.78, 5) is 13.7. The number of hydrogen-bond acceptors (Lipinski definition) is 3. The van der Waals surface area contributed by atoms with Crippen molar-refractivity contribution in [1.82, 2.24) is 0 Å². The molecule has 3 nitrogen and oxygen atoms in total. The second-order valence-electron chi connectivity index (χ2n) is 4.02. The monoisotopic (exact) mass is 260 g/mol. The zero-order chi connectivity index (χ0) is 13.0. The van der Waals surface area contributed by atoms with Gasteiger partial charge in [-0.15, -0.1) is 11.3 Å². The first-order chi connectivity index (χ1) is 8.69. The molecule has 1 aromatic heterocycles. The van der Waals surface area contributed by atoms with Gasteiger partial charge in [-0.1, -0.05) is 13.0 Å². The first kappa shape index (κ1) is 12.6. The molecule has 1 aromatic carbocycles. The molecule has 0 saturated carbocycles. The molecule has 0 atom stereocenters. The van der Waals surface area contributed by atoms with Crippen LogP contribution in [0.1, 0.15) is 27.0 Å². The number of thiophene rings is 1. The molecule has 18 heavy (non-hydrogen) atoms. The van der Waals surface area contributed by atoms with E-state index in [2.05, 4.69) is 24.4 Å². The van der Waals surface area contributed by atoms with Crippen molar-refractivity contribution in [2.45, 2.75) is 19.9 Å². The third-order valence-corrected chi connectivity index (χ3v) is 3.91. The fourth-order valence-electron chi connectivity index (χ4n) is 1.68. The van der Waals surface area contributed by atoms with Gasteiger partial charge < -0.3 is 11.1 Å². The summed E-state index contributed by atoms with van der Waals surface area (Å²) < 4.78 is 0. The molecule has 0 saturated heterocycles. The number of nitrogens with one attached hydrogen (secondary N) is 1. The van der Waals surface area contributed by atoms with E-state index in [0.29, 0.717) is 5.56 Å². The predicted molar refractivity (Wildman–Crippen MR) is 76.0 cm³/mol. The molecule has 0 bridgehead atoms. The Hall–Kier alpha value is -1.81. The minimum absolute atomic E-state index is 0.400. The summed E-state index contributed by atoms with van der Waals surface area (Å²) in [5.74, 6) is -0.400. The highest BCUT2D eigenvalue weighted by Gasteiger charge is 2.02. The zero-order valence-electron chi connectivity index (χ0n) is 10.3. The third kappa shape index (κ3) is 3.11.